The zero-order valence-corrected chi connectivity index (χ0v) is 12.2. The first kappa shape index (κ1) is 15.4. The summed E-state index contributed by atoms with van der Waals surface area (Å²) in [6.45, 7) is 11.0. The Bertz CT molecular complexity index is 237. The topological polar surface area (TPSA) is 44.4 Å². The number of likely N-dealkylation sites (tertiary alicyclic amines) is 1. The summed E-state index contributed by atoms with van der Waals surface area (Å²) in [5, 5.41) is 6.28. The molecule has 1 aliphatic rings. The number of hydrogen-bond donors (Lipinski definition) is 2. The van der Waals surface area contributed by atoms with Gasteiger partial charge in [0, 0.05) is 13.1 Å². The van der Waals surface area contributed by atoms with E-state index in [1.54, 1.807) is 0 Å². The summed E-state index contributed by atoms with van der Waals surface area (Å²) < 4.78 is 0. The predicted molar refractivity (Wildman–Crippen MR) is 75.6 cm³/mol. The van der Waals surface area contributed by atoms with Crippen molar-refractivity contribution in [2.45, 2.75) is 46.1 Å². The van der Waals surface area contributed by atoms with Crippen LogP contribution in [0.1, 0.15) is 40.0 Å². The summed E-state index contributed by atoms with van der Waals surface area (Å²) in [6.07, 6.45) is 3.77. The fourth-order valence-corrected chi connectivity index (χ4v) is 2.64. The largest absolute Gasteiger partial charge is 0.353 e. The molecule has 1 fully saturated rings. The minimum Gasteiger partial charge on any atom is -0.353 e. The molecule has 1 amide bonds. The quantitative estimate of drug-likeness (QED) is 0.672. The maximum Gasteiger partial charge on any atom is 0.237 e. The molecule has 1 unspecified atom stereocenters. The van der Waals surface area contributed by atoms with E-state index in [0.717, 1.165) is 32.7 Å². The van der Waals surface area contributed by atoms with E-state index in [9.17, 15) is 4.79 Å². The van der Waals surface area contributed by atoms with E-state index in [0.29, 0.717) is 5.92 Å². The molecule has 106 valence electrons. The van der Waals surface area contributed by atoms with E-state index >= 15 is 0 Å². The minimum absolute atomic E-state index is 0.0481. The van der Waals surface area contributed by atoms with Gasteiger partial charge in [0.15, 0.2) is 0 Å². The number of likely N-dealkylation sites (N-methyl/N-ethyl adjacent to an activating group) is 1. The second kappa shape index (κ2) is 8.48. The van der Waals surface area contributed by atoms with Gasteiger partial charge in [-0.3, -0.25) is 9.69 Å². The lowest BCUT2D eigenvalue weighted by molar-refractivity contribution is -0.128. The Hall–Kier alpha value is -0.610. The van der Waals surface area contributed by atoms with E-state index in [1.807, 2.05) is 0 Å². The van der Waals surface area contributed by atoms with Crippen LogP contribution in [0.2, 0.25) is 0 Å². The summed E-state index contributed by atoms with van der Waals surface area (Å²) >= 11 is 0. The lowest BCUT2D eigenvalue weighted by Crippen LogP contribution is -2.52. The summed E-state index contributed by atoms with van der Waals surface area (Å²) in [4.78, 5) is 14.6. The van der Waals surface area contributed by atoms with Crippen LogP contribution in [-0.2, 0) is 4.79 Å². The van der Waals surface area contributed by atoms with Crippen LogP contribution in [0.5, 0.6) is 0 Å². The second-order valence-corrected chi connectivity index (χ2v) is 5.43. The molecule has 4 heteroatoms. The van der Waals surface area contributed by atoms with Gasteiger partial charge in [-0.2, -0.15) is 0 Å². The molecule has 1 atom stereocenters. The lowest BCUT2D eigenvalue weighted by atomic mass is 9.98. The fraction of sp³-hybridized carbons (Fsp3) is 0.929. The molecule has 1 heterocycles. The molecule has 0 aromatic heterocycles. The van der Waals surface area contributed by atoms with Gasteiger partial charge in [0.1, 0.15) is 0 Å². The Labute approximate surface area is 111 Å². The van der Waals surface area contributed by atoms with Gasteiger partial charge in [-0.15, -0.1) is 0 Å². The van der Waals surface area contributed by atoms with E-state index in [-0.39, 0.29) is 11.9 Å². The Morgan fingerprint density at radius 2 is 1.83 bits per heavy atom. The Morgan fingerprint density at radius 1 is 1.17 bits per heavy atom. The van der Waals surface area contributed by atoms with Crippen molar-refractivity contribution >= 4 is 5.91 Å². The van der Waals surface area contributed by atoms with Crippen LogP contribution in [0.25, 0.3) is 0 Å². The number of carbonyl (C=O) groups excluding carboxylic acids is 1. The van der Waals surface area contributed by atoms with Gasteiger partial charge in [-0.05, 0) is 38.4 Å². The molecule has 0 aromatic carbocycles. The van der Waals surface area contributed by atoms with Gasteiger partial charge in [-0.25, -0.2) is 0 Å². The van der Waals surface area contributed by atoms with Crippen molar-refractivity contribution in [3.8, 4) is 0 Å². The first-order chi connectivity index (χ1) is 8.66. The second-order valence-electron chi connectivity index (χ2n) is 5.43. The van der Waals surface area contributed by atoms with Crippen LogP contribution in [0.3, 0.4) is 0 Å². The van der Waals surface area contributed by atoms with Crippen molar-refractivity contribution in [1.82, 2.24) is 15.5 Å². The summed E-state index contributed by atoms with van der Waals surface area (Å²) in [7, 11) is 0. The van der Waals surface area contributed by atoms with Crippen molar-refractivity contribution in [2.75, 3.05) is 32.7 Å². The van der Waals surface area contributed by atoms with Crippen molar-refractivity contribution < 1.29 is 4.79 Å². The molecule has 0 aliphatic carbocycles. The van der Waals surface area contributed by atoms with E-state index < -0.39 is 0 Å². The van der Waals surface area contributed by atoms with Crippen LogP contribution in [0.4, 0.5) is 0 Å². The van der Waals surface area contributed by atoms with Crippen LogP contribution in [-0.4, -0.2) is 49.6 Å². The number of piperidine rings is 1. The summed E-state index contributed by atoms with van der Waals surface area (Å²) in [5.74, 6) is 0.576. The average Bonchev–Trinajstić information content (AvgIpc) is 2.36. The average molecular weight is 255 g/mol. The van der Waals surface area contributed by atoms with Gasteiger partial charge in [0.2, 0.25) is 5.91 Å². The Morgan fingerprint density at radius 3 is 2.39 bits per heavy atom. The van der Waals surface area contributed by atoms with E-state index in [2.05, 4.69) is 36.3 Å². The number of amides is 1. The molecule has 4 nitrogen and oxygen atoms in total. The van der Waals surface area contributed by atoms with Gasteiger partial charge in [0.25, 0.3) is 0 Å². The third-order valence-corrected chi connectivity index (χ3v) is 3.54. The first-order valence-corrected chi connectivity index (χ1v) is 7.39. The molecular formula is C14H29N3O. The lowest BCUT2D eigenvalue weighted by Gasteiger charge is -2.35. The SMILES string of the molecule is CCNCCNC(=O)C(C(C)C)N1CCCCC1. The van der Waals surface area contributed by atoms with E-state index in [4.69, 9.17) is 0 Å². The Balaban J connectivity index is 2.42. The number of nitrogens with zero attached hydrogens (tertiary/aromatic N) is 1. The number of hydrogen-bond acceptors (Lipinski definition) is 3. The molecule has 1 aliphatic heterocycles. The maximum atomic E-state index is 12.3. The van der Waals surface area contributed by atoms with Gasteiger partial charge >= 0.3 is 0 Å². The molecule has 0 radical (unpaired) electrons. The normalized spacial score (nSPS) is 18.9. The smallest absolute Gasteiger partial charge is 0.237 e. The molecular weight excluding hydrogens is 226 g/mol. The monoisotopic (exact) mass is 255 g/mol. The third-order valence-electron chi connectivity index (χ3n) is 3.54. The Kier molecular flexibility index (Phi) is 7.28. The predicted octanol–water partition coefficient (Wildman–Crippen LogP) is 1.22. The van der Waals surface area contributed by atoms with Crippen LogP contribution >= 0.6 is 0 Å². The van der Waals surface area contributed by atoms with Crippen molar-refractivity contribution in [2.24, 2.45) is 5.92 Å². The van der Waals surface area contributed by atoms with Crippen LogP contribution < -0.4 is 10.6 Å². The van der Waals surface area contributed by atoms with Crippen molar-refractivity contribution in [1.29, 1.82) is 0 Å². The zero-order valence-electron chi connectivity index (χ0n) is 12.2. The number of rotatable bonds is 7. The highest BCUT2D eigenvalue weighted by atomic mass is 16.2. The van der Waals surface area contributed by atoms with Crippen molar-refractivity contribution in [3.63, 3.8) is 0 Å². The van der Waals surface area contributed by atoms with Crippen LogP contribution in [0, 0.1) is 5.92 Å². The highest BCUT2D eigenvalue weighted by Crippen LogP contribution is 2.17. The molecule has 1 rings (SSSR count). The molecule has 0 bridgehead atoms. The third kappa shape index (κ3) is 4.94. The van der Waals surface area contributed by atoms with E-state index in [1.165, 1.54) is 19.3 Å². The first-order valence-electron chi connectivity index (χ1n) is 7.39. The molecule has 2 N–H and O–H groups in total. The van der Waals surface area contributed by atoms with Gasteiger partial charge in [0.05, 0.1) is 6.04 Å². The minimum atomic E-state index is 0.0481. The standard InChI is InChI=1S/C14H29N3O/c1-4-15-8-9-16-14(18)13(12(2)3)17-10-6-5-7-11-17/h12-13,15H,4-11H2,1-3H3,(H,16,18). The summed E-state index contributed by atoms with van der Waals surface area (Å²) in [6, 6.07) is 0.0481. The molecule has 1 saturated heterocycles. The summed E-state index contributed by atoms with van der Waals surface area (Å²) in [5.41, 5.74) is 0. The highest BCUT2D eigenvalue weighted by molar-refractivity contribution is 5.82. The molecule has 18 heavy (non-hydrogen) atoms. The number of carbonyl (C=O) groups is 1. The van der Waals surface area contributed by atoms with Gasteiger partial charge in [-0.1, -0.05) is 27.2 Å². The van der Waals surface area contributed by atoms with Gasteiger partial charge < -0.3 is 10.6 Å². The zero-order chi connectivity index (χ0) is 13.4. The molecule has 0 saturated carbocycles. The number of nitrogens with one attached hydrogen (secondary N) is 2. The fourth-order valence-electron chi connectivity index (χ4n) is 2.64. The highest BCUT2D eigenvalue weighted by Gasteiger charge is 2.29. The maximum absolute atomic E-state index is 12.3. The van der Waals surface area contributed by atoms with Crippen molar-refractivity contribution in [3.05, 3.63) is 0 Å². The molecule has 0 aromatic rings. The molecule has 0 spiro atoms. The van der Waals surface area contributed by atoms with Crippen LogP contribution in [0.15, 0.2) is 0 Å².